The minimum Gasteiger partial charge on any atom is -0.0622 e. The Labute approximate surface area is 189 Å². The molecule has 0 heterocycles. The van der Waals surface area contributed by atoms with Gasteiger partial charge in [-0.15, -0.1) is 0 Å². The van der Waals surface area contributed by atoms with Crippen molar-refractivity contribution in [2.24, 2.45) is 86.8 Å². The highest BCUT2D eigenvalue weighted by atomic mass is 14.8. The predicted octanol–water partition coefficient (Wildman–Crippen LogP) is 8.80. The van der Waals surface area contributed by atoms with E-state index in [2.05, 4.69) is 90.0 Å². The predicted molar refractivity (Wildman–Crippen MR) is 131 cm³/mol. The molecule has 4 fully saturated rings. The summed E-state index contributed by atoms with van der Waals surface area (Å²) >= 11 is 0. The van der Waals surface area contributed by atoms with Crippen LogP contribution in [-0.2, 0) is 0 Å². The van der Waals surface area contributed by atoms with Gasteiger partial charge in [-0.25, -0.2) is 0 Å². The van der Waals surface area contributed by atoms with Crippen molar-refractivity contribution in [3.8, 4) is 0 Å². The van der Waals surface area contributed by atoms with Crippen molar-refractivity contribution in [3.63, 3.8) is 0 Å². The van der Waals surface area contributed by atoms with Gasteiger partial charge in [0.15, 0.2) is 0 Å². The molecule has 4 aliphatic carbocycles. The van der Waals surface area contributed by atoms with Crippen LogP contribution in [-0.4, -0.2) is 0 Å². The maximum absolute atomic E-state index is 2.81. The van der Waals surface area contributed by atoms with E-state index >= 15 is 0 Å². The summed E-state index contributed by atoms with van der Waals surface area (Å²) in [7, 11) is 0. The quantitative estimate of drug-likeness (QED) is 0.371. The van der Waals surface area contributed by atoms with Gasteiger partial charge in [0.05, 0.1) is 0 Å². The van der Waals surface area contributed by atoms with Crippen LogP contribution in [0.15, 0.2) is 0 Å². The molecule has 15 unspecified atom stereocenters. The zero-order valence-corrected chi connectivity index (χ0v) is 22.8. The molecule has 0 aromatic rings. The molecule has 0 aromatic carbocycles. The lowest BCUT2D eigenvalue weighted by Gasteiger charge is -2.79. The monoisotopic (exact) mass is 414 g/mol. The lowest BCUT2D eigenvalue weighted by Crippen LogP contribution is -2.74. The first-order valence-electron chi connectivity index (χ1n) is 13.6. The standard InChI is InChI=1S/C30H54/c1-16-14-25-26-20(5)23(8)29(12)22(7)18(3)19(4)24(9)30(29,13)28(26,11)17(2)15-27(25,10)21(16)6/h16-26H,14-15H2,1-13H3. The first-order valence-corrected chi connectivity index (χ1v) is 13.6. The molecule has 0 N–H and O–H groups in total. The van der Waals surface area contributed by atoms with Crippen LogP contribution in [0.2, 0.25) is 0 Å². The summed E-state index contributed by atoms with van der Waals surface area (Å²) in [4.78, 5) is 0. The average Bonchev–Trinajstić information content (AvgIpc) is 2.91. The lowest BCUT2D eigenvalue weighted by atomic mass is 9.25. The minimum absolute atomic E-state index is 0.401. The van der Waals surface area contributed by atoms with E-state index in [0.29, 0.717) is 21.7 Å². The van der Waals surface area contributed by atoms with Gasteiger partial charge in [0.1, 0.15) is 0 Å². The number of fused-ring (bicyclic) bond motifs is 5. The molecule has 4 aliphatic rings. The second-order valence-electron chi connectivity index (χ2n) is 14.5. The molecule has 4 rings (SSSR count). The van der Waals surface area contributed by atoms with Gasteiger partial charge in [-0.05, 0) is 99.6 Å². The number of hydrogen-bond donors (Lipinski definition) is 0. The van der Waals surface area contributed by atoms with Gasteiger partial charge in [0, 0.05) is 0 Å². The second-order valence-corrected chi connectivity index (χ2v) is 14.5. The largest absolute Gasteiger partial charge is 0.0622 e. The first kappa shape index (κ1) is 23.2. The van der Waals surface area contributed by atoms with Gasteiger partial charge in [-0.3, -0.25) is 0 Å². The molecule has 0 radical (unpaired) electrons. The smallest absolute Gasteiger partial charge is 0.0179 e. The Morgan fingerprint density at radius 2 is 1.07 bits per heavy atom. The van der Waals surface area contributed by atoms with Crippen molar-refractivity contribution in [2.75, 3.05) is 0 Å². The minimum atomic E-state index is 0.401. The van der Waals surface area contributed by atoms with Crippen molar-refractivity contribution in [2.45, 2.75) is 103 Å². The third-order valence-electron chi connectivity index (χ3n) is 15.1. The molecule has 15 atom stereocenters. The van der Waals surface area contributed by atoms with E-state index in [0.717, 1.165) is 65.1 Å². The average molecular weight is 415 g/mol. The normalized spacial score (nSPS) is 68.1. The first-order chi connectivity index (χ1) is 13.6. The van der Waals surface area contributed by atoms with Crippen LogP contribution in [0.5, 0.6) is 0 Å². The number of rotatable bonds is 0. The van der Waals surface area contributed by atoms with Crippen molar-refractivity contribution < 1.29 is 0 Å². The van der Waals surface area contributed by atoms with Crippen molar-refractivity contribution >= 4 is 0 Å². The summed E-state index contributed by atoms with van der Waals surface area (Å²) in [5.74, 6) is 9.22. The van der Waals surface area contributed by atoms with Crippen LogP contribution in [0.4, 0.5) is 0 Å². The third-order valence-corrected chi connectivity index (χ3v) is 15.1. The highest BCUT2D eigenvalue weighted by molar-refractivity contribution is 5.24. The zero-order chi connectivity index (χ0) is 22.8. The molecular weight excluding hydrogens is 360 g/mol. The van der Waals surface area contributed by atoms with Crippen LogP contribution in [0.3, 0.4) is 0 Å². The fourth-order valence-electron chi connectivity index (χ4n) is 11.9. The molecule has 30 heavy (non-hydrogen) atoms. The summed E-state index contributed by atoms with van der Waals surface area (Å²) in [5.41, 5.74) is 1.80. The van der Waals surface area contributed by atoms with Crippen LogP contribution < -0.4 is 0 Å². The topological polar surface area (TPSA) is 0 Å². The summed E-state index contributed by atoms with van der Waals surface area (Å²) in [5, 5.41) is 0. The second kappa shape index (κ2) is 6.53. The van der Waals surface area contributed by atoms with Crippen molar-refractivity contribution in [3.05, 3.63) is 0 Å². The Kier molecular flexibility index (Phi) is 5.04. The molecule has 0 saturated heterocycles. The number of hydrogen-bond acceptors (Lipinski definition) is 0. The molecule has 174 valence electrons. The molecule has 4 saturated carbocycles. The van der Waals surface area contributed by atoms with Gasteiger partial charge < -0.3 is 0 Å². The van der Waals surface area contributed by atoms with E-state index in [9.17, 15) is 0 Å². The zero-order valence-electron chi connectivity index (χ0n) is 22.8. The van der Waals surface area contributed by atoms with Gasteiger partial charge in [-0.1, -0.05) is 90.0 Å². The SMILES string of the molecule is CC1CC2C3C(C)C(C)C4(C)C(C)C(C)C(C)C(C)C4(C)C3(C)C(C)CC2(C)C1C. The van der Waals surface area contributed by atoms with E-state index in [1.54, 1.807) is 0 Å². The third kappa shape index (κ3) is 2.17. The Morgan fingerprint density at radius 1 is 0.567 bits per heavy atom. The highest BCUT2D eigenvalue weighted by Gasteiger charge is 2.76. The van der Waals surface area contributed by atoms with E-state index in [-0.39, 0.29) is 0 Å². The molecular formula is C30H54. The Bertz CT molecular complexity index is 694. The van der Waals surface area contributed by atoms with Crippen LogP contribution in [0.1, 0.15) is 103 Å². The van der Waals surface area contributed by atoms with Crippen molar-refractivity contribution in [1.29, 1.82) is 0 Å². The fourth-order valence-corrected chi connectivity index (χ4v) is 11.9. The van der Waals surface area contributed by atoms with Crippen LogP contribution >= 0.6 is 0 Å². The maximum atomic E-state index is 2.81. The summed E-state index contributed by atoms with van der Waals surface area (Å²) in [6.07, 6.45) is 2.93. The molecule has 0 nitrogen and oxygen atoms in total. The van der Waals surface area contributed by atoms with Crippen LogP contribution in [0.25, 0.3) is 0 Å². The van der Waals surface area contributed by atoms with E-state index < -0.39 is 0 Å². The lowest BCUT2D eigenvalue weighted by molar-refractivity contribution is -0.318. The fraction of sp³-hybridized carbons (Fsp3) is 1.00. The van der Waals surface area contributed by atoms with Gasteiger partial charge in [-0.2, -0.15) is 0 Å². The van der Waals surface area contributed by atoms with Gasteiger partial charge in [0.2, 0.25) is 0 Å². The molecule has 0 spiro atoms. The summed E-state index contributed by atoms with van der Waals surface area (Å²) in [6.45, 7) is 34.7. The maximum Gasteiger partial charge on any atom is -0.0179 e. The molecule has 0 aromatic heterocycles. The summed E-state index contributed by atoms with van der Waals surface area (Å²) in [6, 6.07) is 0. The van der Waals surface area contributed by atoms with Crippen LogP contribution in [0, 0.1) is 86.8 Å². The van der Waals surface area contributed by atoms with Crippen molar-refractivity contribution in [1.82, 2.24) is 0 Å². The van der Waals surface area contributed by atoms with E-state index in [1.165, 1.54) is 12.8 Å². The van der Waals surface area contributed by atoms with Gasteiger partial charge >= 0.3 is 0 Å². The molecule has 0 bridgehead atoms. The van der Waals surface area contributed by atoms with E-state index in [1.807, 2.05) is 0 Å². The molecule has 0 amide bonds. The van der Waals surface area contributed by atoms with Gasteiger partial charge in [0.25, 0.3) is 0 Å². The molecule has 0 aliphatic heterocycles. The Morgan fingerprint density at radius 3 is 1.63 bits per heavy atom. The Balaban J connectivity index is 1.96. The molecule has 0 heteroatoms. The summed E-state index contributed by atoms with van der Waals surface area (Å²) < 4.78 is 0. The van der Waals surface area contributed by atoms with E-state index in [4.69, 9.17) is 0 Å². The Hall–Kier alpha value is 0. The highest BCUT2D eigenvalue weighted by Crippen LogP contribution is 2.81.